The fourth-order valence-corrected chi connectivity index (χ4v) is 1.81. The average Bonchev–Trinajstić information content (AvgIpc) is 2.87. The van der Waals surface area contributed by atoms with Crippen molar-refractivity contribution in [3.8, 4) is 0 Å². The van der Waals surface area contributed by atoms with Crippen molar-refractivity contribution >= 4 is 5.97 Å². The summed E-state index contributed by atoms with van der Waals surface area (Å²) in [6.07, 6.45) is 2.89. The zero-order valence-electron chi connectivity index (χ0n) is 9.80. The summed E-state index contributed by atoms with van der Waals surface area (Å²) in [7, 11) is 1.83. The Labute approximate surface area is 98.7 Å². The molecule has 5 heteroatoms. The molecule has 0 spiro atoms. The van der Waals surface area contributed by atoms with E-state index >= 15 is 0 Å². The van der Waals surface area contributed by atoms with E-state index in [-0.39, 0.29) is 5.69 Å². The largest absolute Gasteiger partial charge is 0.476 e. The third-order valence-corrected chi connectivity index (χ3v) is 2.83. The Balaban J connectivity index is 2.22. The van der Waals surface area contributed by atoms with E-state index in [2.05, 4.69) is 4.98 Å². The molecule has 0 saturated carbocycles. The first-order chi connectivity index (χ1) is 8.09. The molecule has 0 atom stereocenters. The molecule has 0 aromatic carbocycles. The number of carboxylic acids is 1. The zero-order chi connectivity index (χ0) is 12.4. The minimum Gasteiger partial charge on any atom is -0.476 e. The van der Waals surface area contributed by atoms with Crippen molar-refractivity contribution in [3.63, 3.8) is 0 Å². The number of imidazole rings is 1. The predicted octanol–water partition coefficient (Wildman–Crippen LogP) is 1.80. The zero-order valence-corrected chi connectivity index (χ0v) is 9.80. The third kappa shape index (κ3) is 2.22. The quantitative estimate of drug-likeness (QED) is 0.875. The van der Waals surface area contributed by atoms with Gasteiger partial charge in [-0.15, -0.1) is 0 Å². The number of aromatic carboxylic acids is 1. The third-order valence-electron chi connectivity index (χ3n) is 2.83. The Kier molecular flexibility index (Phi) is 2.99. The first-order valence-corrected chi connectivity index (χ1v) is 5.37. The molecule has 2 aromatic rings. The van der Waals surface area contributed by atoms with E-state index in [9.17, 15) is 4.79 Å². The molecule has 0 fully saturated rings. The van der Waals surface area contributed by atoms with Gasteiger partial charge in [0.05, 0.1) is 12.0 Å². The van der Waals surface area contributed by atoms with Crippen LogP contribution in [0.2, 0.25) is 0 Å². The standard InChI is InChI=1S/C12H14N2O3/c1-8-13-11(12(15)16)10(14(8)2)6-5-9-4-3-7-17-9/h3-4,7H,5-6H2,1-2H3,(H,15,16). The van der Waals surface area contributed by atoms with Crippen molar-refractivity contribution in [1.29, 1.82) is 0 Å². The van der Waals surface area contributed by atoms with Crippen molar-refractivity contribution in [1.82, 2.24) is 9.55 Å². The molecular formula is C12H14N2O3. The molecule has 1 N–H and O–H groups in total. The van der Waals surface area contributed by atoms with Crippen LogP contribution in [0.25, 0.3) is 0 Å². The lowest BCUT2D eigenvalue weighted by Gasteiger charge is -2.03. The summed E-state index contributed by atoms with van der Waals surface area (Å²) in [6.45, 7) is 1.79. The normalized spacial score (nSPS) is 10.7. The van der Waals surface area contributed by atoms with Crippen LogP contribution in [0.1, 0.15) is 27.8 Å². The number of rotatable bonds is 4. The number of hydrogen-bond donors (Lipinski definition) is 1. The Morgan fingerprint density at radius 3 is 2.88 bits per heavy atom. The van der Waals surface area contributed by atoms with Gasteiger partial charge in [-0.2, -0.15) is 0 Å². The van der Waals surface area contributed by atoms with Crippen LogP contribution >= 0.6 is 0 Å². The Morgan fingerprint density at radius 1 is 1.53 bits per heavy atom. The maximum atomic E-state index is 11.0. The molecule has 0 unspecified atom stereocenters. The monoisotopic (exact) mass is 234 g/mol. The minimum atomic E-state index is -0.983. The summed E-state index contributed by atoms with van der Waals surface area (Å²) in [5, 5.41) is 9.06. The molecule has 5 nitrogen and oxygen atoms in total. The van der Waals surface area contributed by atoms with Crippen LogP contribution in [0.3, 0.4) is 0 Å². The van der Waals surface area contributed by atoms with Gasteiger partial charge in [0.15, 0.2) is 5.69 Å². The molecule has 0 bridgehead atoms. The fourth-order valence-electron chi connectivity index (χ4n) is 1.81. The highest BCUT2D eigenvalue weighted by Crippen LogP contribution is 2.14. The minimum absolute atomic E-state index is 0.136. The molecule has 2 rings (SSSR count). The van der Waals surface area contributed by atoms with E-state index < -0.39 is 5.97 Å². The van der Waals surface area contributed by atoms with Gasteiger partial charge < -0.3 is 14.1 Å². The van der Waals surface area contributed by atoms with E-state index in [1.165, 1.54) is 0 Å². The fraction of sp³-hybridized carbons (Fsp3) is 0.333. The van der Waals surface area contributed by atoms with Crippen molar-refractivity contribution in [3.05, 3.63) is 41.4 Å². The number of aryl methyl sites for hydroxylation is 2. The second-order valence-corrected chi connectivity index (χ2v) is 3.90. The second-order valence-electron chi connectivity index (χ2n) is 3.90. The van der Waals surface area contributed by atoms with Crippen molar-refractivity contribution in [2.45, 2.75) is 19.8 Å². The van der Waals surface area contributed by atoms with Gasteiger partial charge in [0, 0.05) is 13.5 Å². The van der Waals surface area contributed by atoms with Gasteiger partial charge in [-0.3, -0.25) is 0 Å². The van der Waals surface area contributed by atoms with Crippen molar-refractivity contribution in [2.75, 3.05) is 0 Å². The molecule has 0 amide bonds. The average molecular weight is 234 g/mol. The van der Waals surface area contributed by atoms with E-state index in [4.69, 9.17) is 9.52 Å². The van der Waals surface area contributed by atoms with Gasteiger partial charge >= 0.3 is 5.97 Å². The molecule has 0 aliphatic carbocycles. The predicted molar refractivity (Wildman–Crippen MR) is 61.0 cm³/mol. The van der Waals surface area contributed by atoms with Crippen LogP contribution in [-0.2, 0) is 19.9 Å². The molecule has 0 radical (unpaired) electrons. The van der Waals surface area contributed by atoms with Gasteiger partial charge in [0.2, 0.25) is 0 Å². The second kappa shape index (κ2) is 4.45. The van der Waals surface area contributed by atoms with Crippen LogP contribution in [-0.4, -0.2) is 20.6 Å². The highest BCUT2D eigenvalue weighted by atomic mass is 16.4. The van der Waals surface area contributed by atoms with E-state index in [1.807, 2.05) is 23.7 Å². The Bertz CT molecular complexity index is 526. The first kappa shape index (κ1) is 11.4. The van der Waals surface area contributed by atoms with Gasteiger partial charge in [-0.25, -0.2) is 9.78 Å². The van der Waals surface area contributed by atoms with E-state index in [1.54, 1.807) is 13.2 Å². The SMILES string of the molecule is Cc1nc(C(=O)O)c(CCc2ccco2)n1C. The lowest BCUT2D eigenvalue weighted by atomic mass is 10.1. The number of hydrogen-bond acceptors (Lipinski definition) is 3. The number of nitrogens with zero attached hydrogens (tertiary/aromatic N) is 2. The summed E-state index contributed by atoms with van der Waals surface area (Å²) in [5.41, 5.74) is 0.864. The van der Waals surface area contributed by atoms with Crippen LogP contribution in [0.4, 0.5) is 0 Å². The Hall–Kier alpha value is -2.04. The number of carbonyl (C=O) groups is 1. The highest BCUT2D eigenvalue weighted by molar-refractivity contribution is 5.86. The van der Waals surface area contributed by atoms with Crippen molar-refractivity contribution in [2.24, 2.45) is 7.05 Å². The van der Waals surface area contributed by atoms with E-state index in [0.29, 0.717) is 18.7 Å². The number of carboxylic acid groups (broad SMARTS) is 1. The lowest BCUT2D eigenvalue weighted by molar-refractivity contribution is 0.0689. The summed E-state index contributed by atoms with van der Waals surface area (Å²) < 4.78 is 7.04. The van der Waals surface area contributed by atoms with Gasteiger partial charge in [0.25, 0.3) is 0 Å². The van der Waals surface area contributed by atoms with Crippen LogP contribution < -0.4 is 0 Å². The van der Waals surface area contributed by atoms with Crippen LogP contribution in [0.5, 0.6) is 0 Å². The molecule has 2 heterocycles. The summed E-state index contributed by atoms with van der Waals surface area (Å²) in [5.74, 6) is 0.570. The molecule has 0 aliphatic rings. The number of furan rings is 1. The van der Waals surface area contributed by atoms with Crippen LogP contribution in [0.15, 0.2) is 22.8 Å². The Morgan fingerprint density at radius 2 is 2.29 bits per heavy atom. The lowest BCUT2D eigenvalue weighted by Crippen LogP contribution is -2.06. The maximum absolute atomic E-state index is 11.0. The van der Waals surface area contributed by atoms with Crippen molar-refractivity contribution < 1.29 is 14.3 Å². The van der Waals surface area contributed by atoms with Crippen LogP contribution in [0, 0.1) is 6.92 Å². The molecule has 17 heavy (non-hydrogen) atoms. The van der Waals surface area contributed by atoms with E-state index in [0.717, 1.165) is 11.5 Å². The van der Waals surface area contributed by atoms with Gasteiger partial charge in [0.1, 0.15) is 11.6 Å². The molecule has 0 aliphatic heterocycles. The maximum Gasteiger partial charge on any atom is 0.356 e. The first-order valence-electron chi connectivity index (χ1n) is 5.37. The van der Waals surface area contributed by atoms with Gasteiger partial charge in [-0.1, -0.05) is 0 Å². The topological polar surface area (TPSA) is 68.3 Å². The summed E-state index contributed by atoms with van der Waals surface area (Å²) >= 11 is 0. The smallest absolute Gasteiger partial charge is 0.356 e. The summed E-state index contributed by atoms with van der Waals surface area (Å²) in [4.78, 5) is 15.1. The highest BCUT2D eigenvalue weighted by Gasteiger charge is 2.18. The van der Waals surface area contributed by atoms with Gasteiger partial charge in [-0.05, 0) is 25.5 Å². The molecular weight excluding hydrogens is 220 g/mol. The molecule has 2 aromatic heterocycles. The summed E-state index contributed by atoms with van der Waals surface area (Å²) in [6, 6.07) is 3.70. The molecule has 0 saturated heterocycles. The molecule has 90 valence electrons. The number of aromatic nitrogens is 2.